The van der Waals surface area contributed by atoms with Crippen LogP contribution in [0.3, 0.4) is 0 Å². The van der Waals surface area contributed by atoms with E-state index in [2.05, 4.69) is 11.9 Å². The molecule has 1 atom stereocenters. The van der Waals surface area contributed by atoms with Crippen molar-refractivity contribution in [3.63, 3.8) is 0 Å². The molecule has 0 aromatic rings. The summed E-state index contributed by atoms with van der Waals surface area (Å²) >= 11 is 0. The first-order valence-corrected chi connectivity index (χ1v) is 6.77. The molecule has 1 unspecified atom stereocenters. The van der Waals surface area contributed by atoms with Crippen LogP contribution in [0.15, 0.2) is 12.7 Å². The number of rotatable bonds is 10. The molecule has 2 amide bonds. The van der Waals surface area contributed by atoms with E-state index < -0.39 is 11.9 Å². The van der Waals surface area contributed by atoms with E-state index in [1.54, 1.807) is 13.2 Å². The van der Waals surface area contributed by atoms with Gasteiger partial charge in [0.15, 0.2) is 0 Å². The van der Waals surface area contributed by atoms with Crippen LogP contribution in [0.4, 0.5) is 4.79 Å². The largest absolute Gasteiger partial charge is 0.481 e. The molecule has 116 valence electrons. The first-order chi connectivity index (χ1) is 9.42. The number of carbonyl (C=O) groups excluding carboxylic acids is 1. The van der Waals surface area contributed by atoms with E-state index in [9.17, 15) is 9.59 Å². The Morgan fingerprint density at radius 3 is 2.55 bits per heavy atom. The van der Waals surface area contributed by atoms with E-state index in [1.165, 1.54) is 4.90 Å². The summed E-state index contributed by atoms with van der Waals surface area (Å²) in [5, 5.41) is 11.8. The van der Waals surface area contributed by atoms with E-state index in [4.69, 9.17) is 9.84 Å². The van der Waals surface area contributed by atoms with E-state index in [-0.39, 0.29) is 18.5 Å². The number of nitrogens with zero attached hydrogens (tertiary/aromatic N) is 1. The van der Waals surface area contributed by atoms with Crippen LogP contribution in [-0.2, 0) is 9.53 Å². The van der Waals surface area contributed by atoms with Crippen LogP contribution in [-0.4, -0.2) is 55.4 Å². The number of nitrogens with one attached hydrogen (secondary N) is 1. The molecule has 0 heterocycles. The van der Waals surface area contributed by atoms with Gasteiger partial charge in [-0.15, -0.1) is 6.58 Å². The summed E-state index contributed by atoms with van der Waals surface area (Å²) in [5.74, 6) is -1.18. The summed E-state index contributed by atoms with van der Waals surface area (Å²) in [6.07, 6.45) is 2.16. The Kier molecular flexibility index (Phi) is 9.45. The van der Waals surface area contributed by atoms with Crippen LogP contribution in [0.2, 0.25) is 0 Å². The fraction of sp³-hybridized carbons (Fsp3) is 0.714. The Balaban J connectivity index is 4.38. The number of hydrogen-bond donors (Lipinski definition) is 2. The van der Waals surface area contributed by atoms with Crippen molar-refractivity contribution in [3.8, 4) is 0 Å². The zero-order chi connectivity index (χ0) is 15.5. The average Bonchev–Trinajstić information content (AvgIpc) is 2.38. The third-order valence-electron chi connectivity index (χ3n) is 2.81. The Bertz CT molecular complexity index is 318. The first kappa shape index (κ1) is 18.4. The molecule has 0 rings (SSSR count). The van der Waals surface area contributed by atoms with Crippen LogP contribution in [0.25, 0.3) is 0 Å². The highest BCUT2D eigenvalue weighted by atomic mass is 16.5. The first-order valence-electron chi connectivity index (χ1n) is 6.77. The molecule has 6 nitrogen and oxygen atoms in total. The van der Waals surface area contributed by atoms with Gasteiger partial charge in [-0.1, -0.05) is 19.9 Å². The van der Waals surface area contributed by atoms with Gasteiger partial charge in [-0.2, -0.15) is 0 Å². The predicted octanol–water partition coefficient (Wildman–Crippen LogP) is 1.58. The molecule has 0 spiro atoms. The molecular weight excluding hydrogens is 260 g/mol. The lowest BCUT2D eigenvalue weighted by Crippen LogP contribution is -2.44. The van der Waals surface area contributed by atoms with Crippen molar-refractivity contribution in [2.75, 3.05) is 33.4 Å². The SMILES string of the molecule is C=CCN(CCOC)C(=O)NCC(CC(C)C)C(=O)O. The molecule has 0 radical (unpaired) electrons. The average molecular weight is 286 g/mol. The minimum atomic E-state index is -0.883. The summed E-state index contributed by atoms with van der Waals surface area (Å²) in [5.41, 5.74) is 0. The lowest BCUT2D eigenvalue weighted by Gasteiger charge is -2.23. The maximum Gasteiger partial charge on any atom is 0.317 e. The minimum Gasteiger partial charge on any atom is -0.481 e. The number of methoxy groups -OCH3 is 1. The third-order valence-corrected chi connectivity index (χ3v) is 2.81. The highest BCUT2D eigenvalue weighted by Gasteiger charge is 2.21. The topological polar surface area (TPSA) is 78.9 Å². The van der Waals surface area contributed by atoms with E-state index >= 15 is 0 Å². The van der Waals surface area contributed by atoms with Gasteiger partial charge in [-0.3, -0.25) is 4.79 Å². The summed E-state index contributed by atoms with van der Waals surface area (Å²) in [6.45, 7) is 8.91. The van der Waals surface area contributed by atoms with Crippen molar-refractivity contribution in [2.45, 2.75) is 20.3 Å². The minimum absolute atomic E-state index is 0.132. The zero-order valence-electron chi connectivity index (χ0n) is 12.6. The molecule has 0 aliphatic heterocycles. The van der Waals surface area contributed by atoms with Crippen molar-refractivity contribution in [2.24, 2.45) is 11.8 Å². The quantitative estimate of drug-likeness (QED) is 0.598. The van der Waals surface area contributed by atoms with Gasteiger partial charge in [0.2, 0.25) is 0 Å². The number of urea groups is 1. The fourth-order valence-corrected chi connectivity index (χ4v) is 1.80. The van der Waals surface area contributed by atoms with Gasteiger partial charge in [0.05, 0.1) is 12.5 Å². The second kappa shape index (κ2) is 10.3. The molecule has 0 saturated carbocycles. The van der Waals surface area contributed by atoms with Crippen LogP contribution in [0.1, 0.15) is 20.3 Å². The van der Waals surface area contributed by atoms with Crippen molar-refractivity contribution >= 4 is 12.0 Å². The van der Waals surface area contributed by atoms with Crippen molar-refractivity contribution in [3.05, 3.63) is 12.7 Å². The summed E-state index contributed by atoms with van der Waals surface area (Å²) < 4.78 is 4.94. The van der Waals surface area contributed by atoms with Crippen LogP contribution in [0.5, 0.6) is 0 Å². The number of carboxylic acids is 1. The fourth-order valence-electron chi connectivity index (χ4n) is 1.80. The van der Waals surface area contributed by atoms with Gasteiger partial charge < -0.3 is 20.1 Å². The highest BCUT2D eigenvalue weighted by Crippen LogP contribution is 2.11. The lowest BCUT2D eigenvalue weighted by molar-refractivity contribution is -0.142. The number of carbonyl (C=O) groups is 2. The van der Waals surface area contributed by atoms with Crippen molar-refractivity contribution in [1.29, 1.82) is 0 Å². The standard InChI is InChI=1S/C14H26N2O4/c1-5-6-16(7-8-20-4)14(19)15-10-12(13(17)18)9-11(2)3/h5,11-12H,1,6-10H2,2-4H3,(H,15,19)(H,17,18). The molecule has 20 heavy (non-hydrogen) atoms. The molecule has 0 aliphatic rings. The van der Waals surface area contributed by atoms with E-state index in [0.717, 1.165) is 0 Å². The molecule has 0 saturated heterocycles. The van der Waals surface area contributed by atoms with E-state index in [1.807, 2.05) is 13.8 Å². The Hall–Kier alpha value is -1.56. The number of ether oxygens (including phenoxy) is 1. The molecule has 0 bridgehead atoms. The van der Waals surface area contributed by atoms with Crippen molar-refractivity contribution < 1.29 is 19.4 Å². The maximum absolute atomic E-state index is 12.0. The van der Waals surface area contributed by atoms with Crippen LogP contribution >= 0.6 is 0 Å². The van der Waals surface area contributed by atoms with Crippen molar-refractivity contribution in [1.82, 2.24) is 10.2 Å². The zero-order valence-corrected chi connectivity index (χ0v) is 12.6. The summed E-state index contributed by atoms with van der Waals surface area (Å²) in [7, 11) is 1.56. The second-order valence-corrected chi connectivity index (χ2v) is 5.08. The normalized spacial score (nSPS) is 12.0. The smallest absolute Gasteiger partial charge is 0.317 e. The Morgan fingerprint density at radius 1 is 1.45 bits per heavy atom. The molecular formula is C14H26N2O4. The molecule has 0 aromatic heterocycles. The number of aliphatic carboxylic acids is 1. The lowest BCUT2D eigenvalue weighted by atomic mass is 9.97. The van der Waals surface area contributed by atoms with E-state index in [0.29, 0.717) is 26.1 Å². The second-order valence-electron chi connectivity index (χ2n) is 5.08. The van der Waals surface area contributed by atoms with Gasteiger partial charge in [-0.25, -0.2) is 4.79 Å². The number of carboxylic acid groups (broad SMARTS) is 1. The monoisotopic (exact) mass is 286 g/mol. The molecule has 0 aliphatic carbocycles. The van der Waals surface area contributed by atoms with Gasteiger partial charge in [0.1, 0.15) is 0 Å². The molecule has 2 N–H and O–H groups in total. The third kappa shape index (κ3) is 7.78. The van der Waals surface area contributed by atoms with Gasteiger partial charge >= 0.3 is 12.0 Å². The van der Waals surface area contributed by atoms with Gasteiger partial charge in [-0.05, 0) is 12.3 Å². The summed E-state index contributed by atoms with van der Waals surface area (Å²) in [4.78, 5) is 24.6. The Morgan fingerprint density at radius 2 is 2.10 bits per heavy atom. The molecule has 0 aromatic carbocycles. The summed E-state index contributed by atoms with van der Waals surface area (Å²) in [6, 6.07) is -0.294. The highest BCUT2D eigenvalue weighted by molar-refractivity contribution is 5.76. The van der Waals surface area contributed by atoms with Crippen LogP contribution < -0.4 is 5.32 Å². The number of amides is 2. The number of hydrogen-bond acceptors (Lipinski definition) is 3. The molecule has 6 heteroatoms. The Labute approximate surface area is 120 Å². The predicted molar refractivity (Wildman–Crippen MR) is 77.6 cm³/mol. The van der Waals surface area contributed by atoms with Gasteiger partial charge in [0, 0.05) is 26.7 Å². The maximum atomic E-state index is 12.0. The van der Waals surface area contributed by atoms with Gasteiger partial charge in [0.25, 0.3) is 0 Å². The van der Waals surface area contributed by atoms with Crippen LogP contribution in [0, 0.1) is 11.8 Å². The molecule has 0 fully saturated rings.